The molecule has 10 heavy (non-hydrogen) atoms. The van der Waals surface area contributed by atoms with E-state index in [-0.39, 0.29) is 12.4 Å². The normalized spacial score (nSPS) is 51.0. The average Bonchev–Trinajstić information content (AvgIpc) is 2.19. The highest BCUT2D eigenvalue weighted by molar-refractivity contribution is 5.85. The van der Waals surface area contributed by atoms with E-state index in [0.29, 0.717) is 6.04 Å². The Morgan fingerprint density at radius 2 is 2.30 bits per heavy atom. The monoisotopic (exact) mass is 163 g/mol. The summed E-state index contributed by atoms with van der Waals surface area (Å²) in [6.07, 6.45) is 2.19. The molecular weight excluding hydrogens is 150 g/mol. The highest BCUT2D eigenvalue weighted by Crippen LogP contribution is 2.38. The first kappa shape index (κ1) is 8.31. The fraction of sp³-hybridized carbons (Fsp3) is 1.00. The van der Waals surface area contributed by atoms with Gasteiger partial charge in [0.1, 0.15) is 0 Å². The SMILES string of the molecule is C[C@@]1(O)C[C@@H]2CN[C@H]1C2.Cl. The second kappa shape index (κ2) is 2.36. The molecule has 0 aromatic rings. The highest BCUT2D eigenvalue weighted by atomic mass is 35.5. The first-order chi connectivity index (χ1) is 4.18. The summed E-state index contributed by atoms with van der Waals surface area (Å²) in [5.41, 5.74) is -0.400. The summed E-state index contributed by atoms with van der Waals surface area (Å²) < 4.78 is 0. The van der Waals surface area contributed by atoms with Gasteiger partial charge in [0.05, 0.1) is 5.60 Å². The van der Waals surface area contributed by atoms with Crippen LogP contribution in [-0.2, 0) is 0 Å². The van der Waals surface area contributed by atoms with Gasteiger partial charge in [0.25, 0.3) is 0 Å². The molecule has 2 rings (SSSR count). The summed E-state index contributed by atoms with van der Waals surface area (Å²) >= 11 is 0. The van der Waals surface area contributed by atoms with Gasteiger partial charge in [-0.1, -0.05) is 0 Å². The van der Waals surface area contributed by atoms with Crippen LogP contribution in [0.15, 0.2) is 0 Å². The van der Waals surface area contributed by atoms with Crippen LogP contribution in [0.4, 0.5) is 0 Å². The van der Waals surface area contributed by atoms with Crippen molar-refractivity contribution in [2.45, 2.75) is 31.4 Å². The highest BCUT2D eigenvalue weighted by Gasteiger charge is 2.46. The predicted molar refractivity (Wildman–Crippen MR) is 42.4 cm³/mol. The lowest BCUT2D eigenvalue weighted by Gasteiger charge is -2.28. The van der Waals surface area contributed by atoms with Crippen LogP contribution in [-0.4, -0.2) is 23.3 Å². The van der Waals surface area contributed by atoms with Crippen molar-refractivity contribution in [3.63, 3.8) is 0 Å². The fourth-order valence-electron chi connectivity index (χ4n) is 2.16. The molecule has 3 atom stereocenters. The van der Waals surface area contributed by atoms with Crippen molar-refractivity contribution < 1.29 is 5.11 Å². The van der Waals surface area contributed by atoms with E-state index in [1.165, 1.54) is 6.42 Å². The molecule has 1 saturated heterocycles. The maximum atomic E-state index is 9.62. The van der Waals surface area contributed by atoms with Crippen LogP contribution in [0.2, 0.25) is 0 Å². The van der Waals surface area contributed by atoms with Crippen LogP contribution in [0.25, 0.3) is 0 Å². The maximum absolute atomic E-state index is 9.62. The standard InChI is InChI=1S/C7H13NO.ClH/c1-7(9)3-5-2-6(7)8-4-5;/h5-6,8-9H,2-4H2,1H3;1H/t5-,6+,7-;/m1./s1. The van der Waals surface area contributed by atoms with Crippen molar-refractivity contribution >= 4 is 12.4 Å². The van der Waals surface area contributed by atoms with Gasteiger partial charge in [-0.15, -0.1) is 12.4 Å². The zero-order chi connectivity index (χ0) is 6.48. The smallest absolute Gasteiger partial charge is 0.0775 e. The van der Waals surface area contributed by atoms with E-state index in [2.05, 4.69) is 5.32 Å². The first-order valence-corrected chi connectivity index (χ1v) is 3.64. The summed E-state index contributed by atoms with van der Waals surface area (Å²) in [6.45, 7) is 3.06. The van der Waals surface area contributed by atoms with Gasteiger partial charge < -0.3 is 10.4 Å². The van der Waals surface area contributed by atoms with Gasteiger partial charge in [0, 0.05) is 6.04 Å². The molecule has 0 amide bonds. The summed E-state index contributed by atoms with van der Waals surface area (Å²) in [5, 5.41) is 12.9. The largest absolute Gasteiger partial charge is 0.389 e. The van der Waals surface area contributed by atoms with Crippen LogP contribution in [0.5, 0.6) is 0 Å². The lowest BCUT2D eigenvalue weighted by Crippen LogP contribution is -2.45. The summed E-state index contributed by atoms with van der Waals surface area (Å²) in [7, 11) is 0. The third kappa shape index (κ3) is 1.04. The lowest BCUT2D eigenvalue weighted by molar-refractivity contribution is 0.0258. The molecule has 1 aliphatic heterocycles. The molecule has 2 aliphatic rings. The molecule has 60 valence electrons. The van der Waals surface area contributed by atoms with Crippen molar-refractivity contribution in [1.29, 1.82) is 0 Å². The van der Waals surface area contributed by atoms with Crippen molar-refractivity contribution in [2.24, 2.45) is 5.92 Å². The molecular formula is C7H14ClNO. The second-order valence-corrected chi connectivity index (χ2v) is 3.62. The van der Waals surface area contributed by atoms with Crippen molar-refractivity contribution in [3.05, 3.63) is 0 Å². The van der Waals surface area contributed by atoms with Gasteiger partial charge in [0.2, 0.25) is 0 Å². The van der Waals surface area contributed by atoms with E-state index in [1.807, 2.05) is 6.92 Å². The lowest BCUT2D eigenvalue weighted by atomic mass is 9.97. The third-order valence-corrected chi connectivity index (χ3v) is 2.67. The summed E-state index contributed by atoms with van der Waals surface area (Å²) in [4.78, 5) is 0. The molecule has 0 aromatic carbocycles. The minimum atomic E-state index is -0.400. The second-order valence-electron chi connectivity index (χ2n) is 3.62. The Balaban J connectivity index is 0.000000500. The van der Waals surface area contributed by atoms with Crippen LogP contribution in [0, 0.1) is 5.92 Å². The number of piperidine rings is 1. The maximum Gasteiger partial charge on any atom is 0.0775 e. The van der Waals surface area contributed by atoms with Gasteiger partial charge in [-0.05, 0) is 32.2 Å². The fourth-order valence-corrected chi connectivity index (χ4v) is 2.16. The van der Waals surface area contributed by atoms with E-state index in [4.69, 9.17) is 0 Å². The molecule has 0 unspecified atom stereocenters. The van der Waals surface area contributed by atoms with Gasteiger partial charge >= 0.3 is 0 Å². The van der Waals surface area contributed by atoms with Gasteiger partial charge in [-0.2, -0.15) is 0 Å². The first-order valence-electron chi connectivity index (χ1n) is 3.64. The Labute approximate surface area is 67.4 Å². The van der Waals surface area contributed by atoms with Gasteiger partial charge in [-0.3, -0.25) is 0 Å². The van der Waals surface area contributed by atoms with Crippen molar-refractivity contribution in [3.8, 4) is 0 Å². The Bertz CT molecular complexity index is 138. The summed E-state index contributed by atoms with van der Waals surface area (Å²) in [5.74, 6) is 0.755. The molecule has 1 saturated carbocycles. The van der Waals surface area contributed by atoms with Gasteiger partial charge in [-0.25, -0.2) is 0 Å². The van der Waals surface area contributed by atoms with Crippen molar-refractivity contribution in [1.82, 2.24) is 5.32 Å². The van der Waals surface area contributed by atoms with Crippen molar-refractivity contribution in [2.75, 3.05) is 6.54 Å². The van der Waals surface area contributed by atoms with Crippen LogP contribution >= 0.6 is 12.4 Å². The quantitative estimate of drug-likeness (QED) is 0.547. The topological polar surface area (TPSA) is 32.3 Å². The van der Waals surface area contributed by atoms with Crippen LogP contribution in [0.3, 0.4) is 0 Å². The number of nitrogens with one attached hydrogen (secondary N) is 1. The Kier molecular flexibility index (Phi) is 1.96. The number of hydrogen-bond donors (Lipinski definition) is 2. The Hall–Kier alpha value is 0.210. The Morgan fingerprint density at radius 3 is 2.50 bits per heavy atom. The minimum Gasteiger partial charge on any atom is -0.389 e. The Morgan fingerprint density at radius 1 is 1.60 bits per heavy atom. The summed E-state index contributed by atoms with van der Waals surface area (Å²) in [6, 6.07) is 0.391. The minimum absolute atomic E-state index is 0. The van der Waals surface area contributed by atoms with E-state index in [1.54, 1.807) is 0 Å². The van der Waals surface area contributed by atoms with E-state index in [9.17, 15) is 5.11 Å². The van der Waals surface area contributed by atoms with E-state index >= 15 is 0 Å². The number of aliphatic hydroxyl groups is 1. The number of hydrogen-bond acceptors (Lipinski definition) is 2. The van der Waals surface area contributed by atoms with Crippen LogP contribution in [0.1, 0.15) is 19.8 Å². The molecule has 0 aromatic heterocycles. The number of fused-ring (bicyclic) bond motifs is 2. The molecule has 2 nitrogen and oxygen atoms in total. The van der Waals surface area contributed by atoms with Gasteiger partial charge in [0.15, 0.2) is 0 Å². The van der Waals surface area contributed by atoms with Crippen LogP contribution < -0.4 is 5.32 Å². The number of halogens is 1. The molecule has 0 radical (unpaired) electrons. The number of rotatable bonds is 0. The molecule has 1 aliphatic carbocycles. The average molecular weight is 164 g/mol. The molecule has 2 bridgehead atoms. The van der Waals surface area contributed by atoms with E-state index in [0.717, 1.165) is 18.9 Å². The molecule has 1 heterocycles. The molecule has 2 fully saturated rings. The predicted octanol–water partition coefficient (Wildman–Crippen LogP) is 0.541. The third-order valence-electron chi connectivity index (χ3n) is 2.67. The van der Waals surface area contributed by atoms with E-state index < -0.39 is 5.60 Å². The molecule has 0 spiro atoms. The zero-order valence-electron chi connectivity index (χ0n) is 6.13. The molecule has 2 N–H and O–H groups in total. The zero-order valence-corrected chi connectivity index (χ0v) is 6.95. The molecule has 3 heteroatoms.